The molecule has 0 aromatic heterocycles. The highest BCUT2D eigenvalue weighted by Crippen LogP contribution is 2.07. The fourth-order valence-electron chi connectivity index (χ4n) is 2.03. The number of benzene rings is 1. The standard InChI is InChI=1S/C18H26N2O6/c1-18(2,3)26-16(23)19-10-9-14(11-15(21)22)20-17(24)25-12-13-7-5-4-6-8-13/h4-8,14H,9-12H2,1-3H3,(H,19,23)(H,20,24)(H,21,22)/t14-/m0/s1. The van der Waals surface area contributed by atoms with E-state index in [0.29, 0.717) is 0 Å². The van der Waals surface area contributed by atoms with Crippen molar-refractivity contribution < 1.29 is 29.0 Å². The normalized spacial score (nSPS) is 12.0. The number of rotatable bonds is 8. The van der Waals surface area contributed by atoms with Crippen LogP contribution in [0.2, 0.25) is 0 Å². The Labute approximate surface area is 152 Å². The van der Waals surface area contributed by atoms with Crippen molar-refractivity contribution in [3.63, 3.8) is 0 Å². The molecule has 1 aromatic rings. The van der Waals surface area contributed by atoms with Crippen LogP contribution >= 0.6 is 0 Å². The van der Waals surface area contributed by atoms with E-state index in [1.54, 1.807) is 20.8 Å². The maximum atomic E-state index is 11.9. The number of carboxylic acid groups (broad SMARTS) is 1. The number of hydrogen-bond acceptors (Lipinski definition) is 5. The van der Waals surface area contributed by atoms with Gasteiger partial charge in [0.1, 0.15) is 12.2 Å². The Morgan fingerprint density at radius 3 is 2.35 bits per heavy atom. The molecule has 3 N–H and O–H groups in total. The molecule has 144 valence electrons. The molecule has 0 spiro atoms. The van der Waals surface area contributed by atoms with Crippen LogP contribution in [0.1, 0.15) is 39.2 Å². The molecular formula is C18H26N2O6. The van der Waals surface area contributed by atoms with E-state index in [2.05, 4.69) is 10.6 Å². The zero-order chi connectivity index (χ0) is 19.6. The van der Waals surface area contributed by atoms with E-state index in [-0.39, 0.29) is 26.0 Å². The topological polar surface area (TPSA) is 114 Å². The lowest BCUT2D eigenvalue weighted by molar-refractivity contribution is -0.137. The third-order valence-corrected chi connectivity index (χ3v) is 3.12. The van der Waals surface area contributed by atoms with E-state index in [1.807, 2.05) is 30.3 Å². The molecule has 0 saturated carbocycles. The maximum Gasteiger partial charge on any atom is 0.407 e. The second-order valence-electron chi connectivity index (χ2n) is 6.72. The highest BCUT2D eigenvalue weighted by atomic mass is 16.6. The number of hydrogen-bond donors (Lipinski definition) is 3. The van der Waals surface area contributed by atoms with Crippen molar-refractivity contribution in [2.24, 2.45) is 0 Å². The molecule has 0 aliphatic carbocycles. The van der Waals surface area contributed by atoms with E-state index >= 15 is 0 Å². The van der Waals surface area contributed by atoms with Crippen LogP contribution < -0.4 is 10.6 Å². The third-order valence-electron chi connectivity index (χ3n) is 3.12. The summed E-state index contributed by atoms with van der Waals surface area (Å²) < 4.78 is 10.2. The van der Waals surface area contributed by atoms with Gasteiger partial charge in [-0.3, -0.25) is 4.79 Å². The summed E-state index contributed by atoms with van der Waals surface area (Å²) in [6, 6.07) is 8.45. The van der Waals surface area contributed by atoms with E-state index in [1.165, 1.54) is 0 Å². The Hall–Kier alpha value is -2.77. The van der Waals surface area contributed by atoms with Crippen LogP contribution in [0, 0.1) is 0 Å². The molecule has 0 saturated heterocycles. The van der Waals surface area contributed by atoms with Crippen molar-refractivity contribution >= 4 is 18.2 Å². The molecule has 0 aliphatic heterocycles. The first kappa shape index (κ1) is 21.3. The number of carbonyl (C=O) groups excluding carboxylic acids is 2. The van der Waals surface area contributed by atoms with Gasteiger partial charge in [-0.1, -0.05) is 30.3 Å². The first-order valence-electron chi connectivity index (χ1n) is 8.31. The van der Waals surface area contributed by atoms with E-state index < -0.39 is 29.8 Å². The van der Waals surface area contributed by atoms with Gasteiger partial charge in [-0.25, -0.2) is 9.59 Å². The van der Waals surface area contributed by atoms with Gasteiger partial charge in [0.05, 0.1) is 6.42 Å². The second kappa shape index (κ2) is 10.3. The van der Waals surface area contributed by atoms with Crippen molar-refractivity contribution in [1.82, 2.24) is 10.6 Å². The molecule has 0 aliphatic rings. The summed E-state index contributed by atoms with van der Waals surface area (Å²) in [5.74, 6) is -1.06. The molecule has 0 bridgehead atoms. The molecule has 1 rings (SSSR count). The van der Waals surface area contributed by atoms with Crippen molar-refractivity contribution in [3.05, 3.63) is 35.9 Å². The molecule has 1 aromatic carbocycles. The van der Waals surface area contributed by atoms with Crippen molar-refractivity contribution in [2.45, 2.75) is 51.9 Å². The molecule has 0 unspecified atom stereocenters. The van der Waals surface area contributed by atoms with Gasteiger partial charge in [-0.05, 0) is 32.8 Å². The van der Waals surface area contributed by atoms with Crippen LogP contribution in [0.3, 0.4) is 0 Å². The molecule has 0 radical (unpaired) electrons. The van der Waals surface area contributed by atoms with Gasteiger partial charge in [0.25, 0.3) is 0 Å². The average Bonchev–Trinajstić information content (AvgIpc) is 2.51. The van der Waals surface area contributed by atoms with Gasteiger partial charge in [0.2, 0.25) is 0 Å². The highest BCUT2D eigenvalue weighted by molar-refractivity contribution is 5.71. The van der Waals surface area contributed by atoms with Gasteiger partial charge in [0, 0.05) is 12.6 Å². The summed E-state index contributed by atoms with van der Waals surface area (Å²) in [6.45, 7) is 5.47. The number of nitrogens with one attached hydrogen (secondary N) is 2. The largest absolute Gasteiger partial charge is 0.481 e. The lowest BCUT2D eigenvalue weighted by Gasteiger charge is -2.21. The molecule has 1 atom stereocenters. The van der Waals surface area contributed by atoms with Crippen LogP contribution in [0.25, 0.3) is 0 Å². The number of carboxylic acids is 1. The predicted octanol–water partition coefficient (Wildman–Crippen LogP) is 2.67. The summed E-state index contributed by atoms with van der Waals surface area (Å²) in [5, 5.41) is 14.0. The molecule has 8 heteroatoms. The average molecular weight is 366 g/mol. The molecule has 0 heterocycles. The highest BCUT2D eigenvalue weighted by Gasteiger charge is 2.19. The smallest absolute Gasteiger partial charge is 0.407 e. The van der Waals surface area contributed by atoms with Crippen LogP contribution in [0.5, 0.6) is 0 Å². The summed E-state index contributed by atoms with van der Waals surface area (Å²) >= 11 is 0. The summed E-state index contributed by atoms with van der Waals surface area (Å²) in [4.78, 5) is 34.4. The zero-order valence-electron chi connectivity index (χ0n) is 15.3. The lowest BCUT2D eigenvalue weighted by Crippen LogP contribution is -2.40. The number of carbonyl (C=O) groups is 3. The van der Waals surface area contributed by atoms with Gasteiger partial charge >= 0.3 is 18.2 Å². The molecule has 0 fully saturated rings. The Kier molecular flexibility index (Phi) is 8.41. The minimum Gasteiger partial charge on any atom is -0.481 e. The maximum absolute atomic E-state index is 11.9. The van der Waals surface area contributed by atoms with E-state index in [0.717, 1.165) is 5.56 Å². The van der Waals surface area contributed by atoms with Gasteiger partial charge in [-0.15, -0.1) is 0 Å². The molecule has 2 amide bonds. The van der Waals surface area contributed by atoms with Gasteiger partial charge in [0.15, 0.2) is 0 Å². The fourth-order valence-corrected chi connectivity index (χ4v) is 2.03. The van der Waals surface area contributed by atoms with Gasteiger partial charge in [-0.2, -0.15) is 0 Å². The zero-order valence-corrected chi connectivity index (χ0v) is 15.3. The Morgan fingerprint density at radius 2 is 1.77 bits per heavy atom. The number of alkyl carbamates (subject to hydrolysis) is 2. The minimum atomic E-state index is -1.06. The molecular weight excluding hydrogens is 340 g/mol. The number of ether oxygens (including phenoxy) is 2. The van der Waals surface area contributed by atoms with Crippen LogP contribution in [-0.2, 0) is 20.9 Å². The summed E-state index contributed by atoms with van der Waals surface area (Å²) in [7, 11) is 0. The predicted molar refractivity (Wildman–Crippen MR) is 94.7 cm³/mol. The Bertz CT molecular complexity index is 597. The fraction of sp³-hybridized carbons (Fsp3) is 0.500. The third kappa shape index (κ3) is 10.2. The quantitative estimate of drug-likeness (QED) is 0.652. The SMILES string of the molecule is CC(C)(C)OC(=O)NCC[C@@H](CC(=O)O)NC(=O)OCc1ccccc1. The lowest BCUT2D eigenvalue weighted by atomic mass is 10.1. The number of aliphatic carboxylic acids is 1. The first-order valence-corrected chi connectivity index (χ1v) is 8.31. The van der Waals surface area contributed by atoms with Crippen molar-refractivity contribution in [2.75, 3.05) is 6.54 Å². The van der Waals surface area contributed by atoms with Crippen LogP contribution in [-0.4, -0.2) is 41.4 Å². The van der Waals surface area contributed by atoms with E-state index in [4.69, 9.17) is 14.6 Å². The van der Waals surface area contributed by atoms with Gasteiger partial charge < -0.3 is 25.2 Å². The Balaban J connectivity index is 2.41. The minimum absolute atomic E-state index is 0.0859. The molecule has 8 nitrogen and oxygen atoms in total. The van der Waals surface area contributed by atoms with Crippen LogP contribution in [0.4, 0.5) is 9.59 Å². The number of amides is 2. The van der Waals surface area contributed by atoms with E-state index in [9.17, 15) is 14.4 Å². The summed E-state index contributed by atoms with van der Waals surface area (Å²) in [5.41, 5.74) is 0.202. The molecule has 26 heavy (non-hydrogen) atoms. The Morgan fingerprint density at radius 1 is 1.12 bits per heavy atom. The first-order chi connectivity index (χ1) is 12.2. The van der Waals surface area contributed by atoms with Crippen LogP contribution in [0.15, 0.2) is 30.3 Å². The van der Waals surface area contributed by atoms with Crippen molar-refractivity contribution in [3.8, 4) is 0 Å². The summed E-state index contributed by atoms with van der Waals surface area (Å²) in [6.07, 6.45) is -1.36. The van der Waals surface area contributed by atoms with Crippen molar-refractivity contribution in [1.29, 1.82) is 0 Å². The second-order valence-corrected chi connectivity index (χ2v) is 6.72. The monoisotopic (exact) mass is 366 g/mol.